The van der Waals surface area contributed by atoms with Crippen molar-refractivity contribution >= 4 is 33.7 Å². The largest absolute Gasteiger partial charge is 0.484 e. The van der Waals surface area contributed by atoms with Crippen LogP contribution in [-0.4, -0.2) is 25.5 Å². The second kappa shape index (κ2) is 7.35. The van der Waals surface area contributed by atoms with E-state index in [1.165, 1.54) is 4.88 Å². The molecule has 0 spiro atoms. The Morgan fingerprint density at radius 3 is 2.52 bits per heavy atom. The first-order valence-corrected chi connectivity index (χ1v) is 8.93. The Morgan fingerprint density at radius 1 is 1.04 bits per heavy atom. The van der Waals surface area contributed by atoms with Gasteiger partial charge >= 0.3 is 0 Å². The molecule has 23 heavy (non-hydrogen) atoms. The minimum atomic E-state index is 0.0574. The lowest BCUT2D eigenvalue weighted by Crippen LogP contribution is -2.18. The van der Waals surface area contributed by atoms with Gasteiger partial charge in [0, 0.05) is 33.6 Å². The molecule has 0 aliphatic heterocycles. The number of fused-ring (bicyclic) bond motifs is 1. The second-order valence-electron chi connectivity index (χ2n) is 5.80. The zero-order chi connectivity index (χ0) is 16.2. The highest BCUT2D eigenvalue weighted by atomic mass is 35.5. The maximum Gasteiger partial charge on any atom is 0.134 e. The van der Waals surface area contributed by atoms with E-state index in [0.29, 0.717) is 0 Å². The van der Waals surface area contributed by atoms with Crippen molar-refractivity contribution in [3.05, 3.63) is 63.8 Å². The summed E-state index contributed by atoms with van der Waals surface area (Å²) in [5.74, 6) is 0.891. The fraction of sp³-hybridized carbons (Fsp3) is 0.263. The smallest absolute Gasteiger partial charge is 0.134 e. The van der Waals surface area contributed by atoms with Crippen LogP contribution in [0.5, 0.6) is 5.75 Å². The molecule has 120 valence electrons. The van der Waals surface area contributed by atoms with E-state index in [1.54, 1.807) is 11.3 Å². The summed E-state index contributed by atoms with van der Waals surface area (Å²) in [4.78, 5) is 3.44. The fourth-order valence-corrected chi connectivity index (χ4v) is 3.62. The minimum absolute atomic E-state index is 0.0574. The Kier molecular flexibility index (Phi) is 5.21. The molecule has 4 heteroatoms. The standard InChI is InChI=1S/C19H20ClNOS/c1-21(2)12-11-18(19-8-5-13-23-19)22-17-10-9-16(20)14-6-3-4-7-15(14)17/h3-10,13,18H,11-12H2,1-2H3. The summed E-state index contributed by atoms with van der Waals surface area (Å²) in [6, 6.07) is 16.2. The highest BCUT2D eigenvalue weighted by Crippen LogP contribution is 2.35. The van der Waals surface area contributed by atoms with E-state index in [4.69, 9.17) is 16.3 Å². The molecule has 0 radical (unpaired) electrons. The topological polar surface area (TPSA) is 12.5 Å². The van der Waals surface area contributed by atoms with Crippen LogP contribution in [0.25, 0.3) is 10.8 Å². The first kappa shape index (κ1) is 16.3. The van der Waals surface area contributed by atoms with Crippen molar-refractivity contribution in [1.82, 2.24) is 4.90 Å². The average molecular weight is 346 g/mol. The molecule has 3 aromatic rings. The van der Waals surface area contributed by atoms with E-state index >= 15 is 0 Å². The van der Waals surface area contributed by atoms with Gasteiger partial charge in [-0.3, -0.25) is 0 Å². The maximum absolute atomic E-state index is 6.40. The van der Waals surface area contributed by atoms with E-state index in [0.717, 1.165) is 34.5 Å². The molecule has 1 atom stereocenters. The molecule has 0 amide bonds. The number of rotatable bonds is 6. The molecule has 1 unspecified atom stereocenters. The molecular weight excluding hydrogens is 326 g/mol. The van der Waals surface area contributed by atoms with E-state index in [2.05, 4.69) is 42.6 Å². The fourth-order valence-electron chi connectivity index (χ4n) is 2.60. The van der Waals surface area contributed by atoms with Gasteiger partial charge < -0.3 is 9.64 Å². The first-order chi connectivity index (χ1) is 11.1. The number of nitrogens with zero attached hydrogens (tertiary/aromatic N) is 1. The number of ether oxygens (including phenoxy) is 1. The third-order valence-electron chi connectivity index (χ3n) is 3.80. The molecule has 0 N–H and O–H groups in total. The molecule has 1 aromatic heterocycles. The van der Waals surface area contributed by atoms with E-state index < -0.39 is 0 Å². The monoisotopic (exact) mass is 345 g/mol. The Hall–Kier alpha value is -1.55. The number of hydrogen-bond acceptors (Lipinski definition) is 3. The second-order valence-corrected chi connectivity index (χ2v) is 7.19. The molecule has 0 saturated heterocycles. The number of hydrogen-bond donors (Lipinski definition) is 0. The summed E-state index contributed by atoms with van der Waals surface area (Å²) in [5.41, 5.74) is 0. The van der Waals surface area contributed by atoms with Crippen molar-refractivity contribution in [1.29, 1.82) is 0 Å². The zero-order valence-electron chi connectivity index (χ0n) is 13.3. The predicted octanol–water partition coefficient (Wildman–Crippen LogP) is 5.63. The summed E-state index contributed by atoms with van der Waals surface area (Å²) in [5, 5.41) is 4.95. The van der Waals surface area contributed by atoms with Crippen LogP contribution in [0, 0.1) is 0 Å². The van der Waals surface area contributed by atoms with E-state index in [9.17, 15) is 0 Å². The van der Waals surface area contributed by atoms with E-state index in [1.807, 2.05) is 30.3 Å². The number of halogens is 1. The molecule has 1 heterocycles. The van der Waals surface area contributed by atoms with Gasteiger partial charge in [-0.1, -0.05) is 41.9 Å². The van der Waals surface area contributed by atoms with Gasteiger partial charge in [0.15, 0.2) is 0 Å². The van der Waals surface area contributed by atoms with Crippen molar-refractivity contribution in [2.75, 3.05) is 20.6 Å². The summed E-state index contributed by atoms with van der Waals surface area (Å²) in [6.07, 6.45) is 1.01. The van der Waals surface area contributed by atoms with Crippen molar-refractivity contribution < 1.29 is 4.74 Å². The minimum Gasteiger partial charge on any atom is -0.484 e. The van der Waals surface area contributed by atoms with Crippen LogP contribution in [0.2, 0.25) is 5.02 Å². The van der Waals surface area contributed by atoms with Crippen LogP contribution in [0.15, 0.2) is 53.9 Å². The Bertz CT molecular complexity index is 770. The lowest BCUT2D eigenvalue weighted by Gasteiger charge is -2.21. The van der Waals surface area contributed by atoms with Gasteiger partial charge in [-0.15, -0.1) is 11.3 Å². The van der Waals surface area contributed by atoms with E-state index in [-0.39, 0.29) is 6.10 Å². The van der Waals surface area contributed by atoms with Gasteiger partial charge in [0.05, 0.1) is 0 Å². The molecule has 0 aliphatic carbocycles. The normalized spacial score (nSPS) is 12.7. The zero-order valence-corrected chi connectivity index (χ0v) is 14.9. The van der Waals surface area contributed by atoms with Gasteiger partial charge in [0.1, 0.15) is 11.9 Å². The molecule has 0 bridgehead atoms. The maximum atomic E-state index is 6.40. The predicted molar refractivity (Wildman–Crippen MR) is 99.8 cm³/mol. The summed E-state index contributed by atoms with van der Waals surface area (Å²) < 4.78 is 6.40. The average Bonchev–Trinajstić information content (AvgIpc) is 3.08. The quantitative estimate of drug-likeness (QED) is 0.574. The number of benzene rings is 2. The molecule has 0 fully saturated rings. The Labute approximate surface area is 146 Å². The summed E-state index contributed by atoms with van der Waals surface area (Å²) in [7, 11) is 4.17. The van der Waals surface area contributed by atoms with Crippen LogP contribution in [0.4, 0.5) is 0 Å². The lowest BCUT2D eigenvalue weighted by atomic mass is 10.1. The lowest BCUT2D eigenvalue weighted by molar-refractivity contribution is 0.185. The van der Waals surface area contributed by atoms with Crippen molar-refractivity contribution in [2.45, 2.75) is 12.5 Å². The molecule has 2 nitrogen and oxygen atoms in total. The first-order valence-electron chi connectivity index (χ1n) is 7.67. The van der Waals surface area contributed by atoms with Crippen LogP contribution < -0.4 is 4.74 Å². The van der Waals surface area contributed by atoms with Crippen LogP contribution in [0.3, 0.4) is 0 Å². The van der Waals surface area contributed by atoms with Gasteiger partial charge in [-0.25, -0.2) is 0 Å². The van der Waals surface area contributed by atoms with Gasteiger partial charge in [0.25, 0.3) is 0 Å². The van der Waals surface area contributed by atoms with Crippen molar-refractivity contribution in [3.63, 3.8) is 0 Å². The molecule has 3 rings (SSSR count). The van der Waals surface area contributed by atoms with Crippen LogP contribution >= 0.6 is 22.9 Å². The van der Waals surface area contributed by atoms with Crippen molar-refractivity contribution in [3.8, 4) is 5.75 Å². The Balaban J connectivity index is 1.92. The number of thiophene rings is 1. The molecule has 2 aromatic carbocycles. The molecular formula is C19H20ClNOS. The third-order valence-corrected chi connectivity index (χ3v) is 5.09. The SMILES string of the molecule is CN(C)CCC(Oc1ccc(Cl)c2ccccc12)c1cccs1. The molecule has 0 saturated carbocycles. The van der Waals surface area contributed by atoms with Gasteiger partial charge in [0.2, 0.25) is 0 Å². The molecule has 0 aliphatic rings. The van der Waals surface area contributed by atoms with Crippen LogP contribution in [0.1, 0.15) is 17.4 Å². The van der Waals surface area contributed by atoms with Gasteiger partial charge in [-0.2, -0.15) is 0 Å². The van der Waals surface area contributed by atoms with Crippen LogP contribution in [-0.2, 0) is 0 Å². The third kappa shape index (κ3) is 3.86. The summed E-state index contributed by atoms with van der Waals surface area (Å²) >= 11 is 8.05. The highest BCUT2D eigenvalue weighted by molar-refractivity contribution is 7.10. The van der Waals surface area contributed by atoms with Gasteiger partial charge in [-0.05, 0) is 37.7 Å². The van der Waals surface area contributed by atoms with Crippen molar-refractivity contribution in [2.24, 2.45) is 0 Å². The Morgan fingerprint density at radius 2 is 1.83 bits per heavy atom. The summed E-state index contributed by atoms with van der Waals surface area (Å²) in [6.45, 7) is 0.980. The highest BCUT2D eigenvalue weighted by Gasteiger charge is 2.17.